The summed E-state index contributed by atoms with van der Waals surface area (Å²) in [5.74, 6) is 1.08. The van der Waals surface area contributed by atoms with Crippen LogP contribution in [-0.4, -0.2) is 16.5 Å². The molecule has 18 heavy (non-hydrogen) atoms. The zero-order chi connectivity index (χ0) is 12.8. The van der Waals surface area contributed by atoms with Crippen molar-refractivity contribution in [1.29, 1.82) is 0 Å². The molecule has 0 saturated heterocycles. The van der Waals surface area contributed by atoms with Crippen molar-refractivity contribution < 1.29 is 0 Å². The number of imidazole rings is 1. The quantitative estimate of drug-likeness (QED) is 0.752. The first-order valence-corrected chi connectivity index (χ1v) is 7.41. The number of aryl methyl sites for hydroxylation is 2. The average Bonchev–Trinajstić information content (AvgIpc) is 3.05. The van der Waals surface area contributed by atoms with Crippen LogP contribution in [0, 0.1) is 0 Å². The molecule has 2 aromatic heterocycles. The van der Waals surface area contributed by atoms with E-state index in [9.17, 15) is 0 Å². The van der Waals surface area contributed by atoms with Crippen molar-refractivity contribution in [2.45, 2.75) is 39.2 Å². The molecule has 0 radical (unpaired) electrons. The number of hydrogen-bond acceptors (Lipinski definition) is 3. The fourth-order valence-electron chi connectivity index (χ4n) is 1.93. The average molecular weight is 263 g/mol. The van der Waals surface area contributed by atoms with E-state index < -0.39 is 0 Å². The number of thiophene rings is 1. The largest absolute Gasteiger partial charge is 0.349 e. The summed E-state index contributed by atoms with van der Waals surface area (Å²) in [5.41, 5.74) is 0. The summed E-state index contributed by atoms with van der Waals surface area (Å²) < 4.78 is 0. The lowest BCUT2D eigenvalue weighted by atomic mass is 10.2. The first kappa shape index (κ1) is 13.3. The molecule has 1 atom stereocenters. The summed E-state index contributed by atoms with van der Waals surface area (Å²) in [4.78, 5) is 10.3. The number of aromatic nitrogens is 2. The van der Waals surface area contributed by atoms with E-state index >= 15 is 0 Å². The smallest absolute Gasteiger partial charge is 0.106 e. The van der Waals surface area contributed by atoms with Gasteiger partial charge in [0.15, 0.2) is 0 Å². The third-order valence-corrected chi connectivity index (χ3v) is 4.47. The molecule has 0 bridgehead atoms. The molecule has 98 valence electrons. The van der Waals surface area contributed by atoms with Crippen LogP contribution in [0.1, 0.15) is 41.9 Å². The van der Waals surface area contributed by atoms with Crippen LogP contribution in [0.2, 0.25) is 0 Å². The number of rotatable bonds is 7. The Morgan fingerprint density at radius 1 is 1.44 bits per heavy atom. The Balaban J connectivity index is 1.69. The number of nitrogens with zero attached hydrogens (tertiary/aromatic N) is 1. The van der Waals surface area contributed by atoms with Crippen LogP contribution in [0.3, 0.4) is 0 Å². The molecule has 0 aliphatic rings. The lowest BCUT2D eigenvalue weighted by Crippen LogP contribution is -2.19. The van der Waals surface area contributed by atoms with Crippen molar-refractivity contribution in [3.63, 3.8) is 0 Å². The Bertz CT molecular complexity index is 447. The monoisotopic (exact) mass is 263 g/mol. The van der Waals surface area contributed by atoms with Gasteiger partial charge in [-0.2, -0.15) is 0 Å². The highest BCUT2D eigenvalue weighted by molar-refractivity contribution is 7.12. The highest BCUT2D eigenvalue weighted by Crippen LogP contribution is 2.23. The van der Waals surface area contributed by atoms with E-state index in [1.54, 1.807) is 0 Å². The van der Waals surface area contributed by atoms with Gasteiger partial charge in [-0.1, -0.05) is 6.92 Å². The molecule has 4 heteroatoms. The summed E-state index contributed by atoms with van der Waals surface area (Å²) in [6, 6.07) is 4.93. The predicted molar refractivity (Wildman–Crippen MR) is 77.0 cm³/mol. The summed E-state index contributed by atoms with van der Waals surface area (Å²) >= 11 is 1.92. The Morgan fingerprint density at radius 3 is 3.00 bits per heavy atom. The number of H-pyrrole nitrogens is 1. The van der Waals surface area contributed by atoms with Gasteiger partial charge in [0, 0.05) is 34.6 Å². The number of aromatic amines is 1. The summed E-state index contributed by atoms with van der Waals surface area (Å²) in [6.07, 6.45) is 6.95. The minimum Gasteiger partial charge on any atom is -0.349 e. The minimum absolute atomic E-state index is 0.451. The first-order valence-electron chi connectivity index (χ1n) is 6.60. The van der Waals surface area contributed by atoms with Crippen LogP contribution in [0.25, 0.3) is 0 Å². The van der Waals surface area contributed by atoms with E-state index in [2.05, 4.69) is 41.3 Å². The molecule has 2 rings (SSSR count). The maximum absolute atomic E-state index is 4.22. The second kappa shape index (κ2) is 6.71. The Labute approximate surface area is 113 Å². The van der Waals surface area contributed by atoms with Gasteiger partial charge in [0.25, 0.3) is 0 Å². The SMILES string of the molecule is CCc1ccc(C(C)NCCCc2ncc[nH]2)s1. The molecule has 2 heterocycles. The van der Waals surface area contributed by atoms with Gasteiger partial charge in [0.05, 0.1) is 0 Å². The Hall–Kier alpha value is -1.13. The highest BCUT2D eigenvalue weighted by Gasteiger charge is 2.07. The second-order valence-corrected chi connectivity index (χ2v) is 5.67. The zero-order valence-electron chi connectivity index (χ0n) is 11.1. The van der Waals surface area contributed by atoms with Crippen LogP contribution in [0.15, 0.2) is 24.5 Å². The van der Waals surface area contributed by atoms with Gasteiger partial charge in [0.2, 0.25) is 0 Å². The van der Waals surface area contributed by atoms with E-state index in [4.69, 9.17) is 0 Å². The summed E-state index contributed by atoms with van der Waals surface area (Å²) in [7, 11) is 0. The normalized spacial score (nSPS) is 12.8. The van der Waals surface area contributed by atoms with Crippen molar-refractivity contribution in [3.05, 3.63) is 40.1 Å². The molecule has 0 spiro atoms. The van der Waals surface area contributed by atoms with Crippen molar-refractivity contribution in [2.24, 2.45) is 0 Å². The van der Waals surface area contributed by atoms with E-state index in [1.165, 1.54) is 9.75 Å². The lowest BCUT2D eigenvalue weighted by molar-refractivity contribution is 0.561. The lowest BCUT2D eigenvalue weighted by Gasteiger charge is -2.11. The van der Waals surface area contributed by atoms with E-state index in [0.717, 1.165) is 31.6 Å². The van der Waals surface area contributed by atoms with Crippen molar-refractivity contribution in [1.82, 2.24) is 15.3 Å². The zero-order valence-corrected chi connectivity index (χ0v) is 11.9. The topological polar surface area (TPSA) is 40.7 Å². The van der Waals surface area contributed by atoms with Gasteiger partial charge >= 0.3 is 0 Å². The fraction of sp³-hybridized carbons (Fsp3) is 0.500. The number of nitrogens with one attached hydrogen (secondary N) is 2. The molecule has 0 aliphatic carbocycles. The van der Waals surface area contributed by atoms with Crippen LogP contribution < -0.4 is 5.32 Å². The van der Waals surface area contributed by atoms with Crippen LogP contribution in [-0.2, 0) is 12.8 Å². The van der Waals surface area contributed by atoms with Gasteiger partial charge < -0.3 is 10.3 Å². The van der Waals surface area contributed by atoms with Crippen LogP contribution in [0.5, 0.6) is 0 Å². The number of hydrogen-bond donors (Lipinski definition) is 2. The molecule has 0 saturated carbocycles. The van der Waals surface area contributed by atoms with Crippen LogP contribution in [0.4, 0.5) is 0 Å². The van der Waals surface area contributed by atoms with Gasteiger partial charge in [0.1, 0.15) is 5.82 Å². The summed E-state index contributed by atoms with van der Waals surface area (Å²) in [5, 5.41) is 3.57. The molecule has 2 aromatic rings. The summed E-state index contributed by atoms with van der Waals surface area (Å²) in [6.45, 7) is 5.47. The third-order valence-electron chi connectivity index (χ3n) is 3.05. The molecule has 0 amide bonds. The van der Waals surface area contributed by atoms with Gasteiger partial charge in [-0.15, -0.1) is 11.3 Å². The van der Waals surface area contributed by atoms with Crippen molar-refractivity contribution >= 4 is 11.3 Å². The van der Waals surface area contributed by atoms with Crippen molar-refractivity contribution in [2.75, 3.05) is 6.54 Å². The molecule has 3 nitrogen and oxygen atoms in total. The molecule has 1 unspecified atom stereocenters. The predicted octanol–water partition coefficient (Wildman–Crippen LogP) is 3.32. The van der Waals surface area contributed by atoms with E-state index in [0.29, 0.717) is 6.04 Å². The van der Waals surface area contributed by atoms with Gasteiger partial charge in [-0.25, -0.2) is 4.98 Å². The minimum atomic E-state index is 0.451. The molecule has 2 N–H and O–H groups in total. The Kier molecular flexibility index (Phi) is 4.96. The first-order chi connectivity index (χ1) is 8.79. The molecule has 0 aliphatic heterocycles. The maximum atomic E-state index is 4.22. The standard InChI is InChI=1S/C14H21N3S/c1-3-12-6-7-13(18-12)11(2)15-8-4-5-14-16-9-10-17-14/h6-7,9-11,15H,3-5,8H2,1-2H3,(H,16,17). The van der Waals surface area contributed by atoms with Crippen LogP contribution >= 0.6 is 11.3 Å². The maximum Gasteiger partial charge on any atom is 0.106 e. The van der Waals surface area contributed by atoms with Crippen molar-refractivity contribution in [3.8, 4) is 0 Å². The molecular formula is C14H21N3S. The Morgan fingerprint density at radius 2 is 2.33 bits per heavy atom. The highest BCUT2D eigenvalue weighted by atomic mass is 32.1. The molecule has 0 aromatic carbocycles. The fourth-order valence-corrected chi connectivity index (χ4v) is 2.91. The van der Waals surface area contributed by atoms with E-state index in [1.807, 2.05) is 23.7 Å². The third kappa shape index (κ3) is 3.68. The second-order valence-electron chi connectivity index (χ2n) is 4.47. The molecular weight excluding hydrogens is 242 g/mol. The van der Waals surface area contributed by atoms with Gasteiger partial charge in [-0.05, 0) is 38.4 Å². The van der Waals surface area contributed by atoms with E-state index in [-0.39, 0.29) is 0 Å². The van der Waals surface area contributed by atoms with Gasteiger partial charge in [-0.3, -0.25) is 0 Å². The molecule has 0 fully saturated rings.